The predicted octanol–water partition coefficient (Wildman–Crippen LogP) is 5.14. The first-order valence-corrected chi connectivity index (χ1v) is 12.6. The number of nitrogens with one attached hydrogen (secondary N) is 1. The predicted molar refractivity (Wildman–Crippen MR) is 142 cm³/mol. The van der Waals surface area contributed by atoms with Gasteiger partial charge in [0.15, 0.2) is 11.6 Å². The number of aliphatic hydroxyl groups excluding tert-OH is 1. The number of benzene rings is 1. The molecule has 1 fully saturated rings. The van der Waals surface area contributed by atoms with Crippen molar-refractivity contribution in [3.05, 3.63) is 84.1 Å². The van der Waals surface area contributed by atoms with Crippen molar-refractivity contribution in [2.24, 2.45) is 0 Å². The van der Waals surface area contributed by atoms with E-state index in [9.17, 15) is 9.90 Å². The molecule has 1 unspecified atom stereocenters. The number of carbonyl (C=O) groups is 1. The summed E-state index contributed by atoms with van der Waals surface area (Å²) >= 11 is 0. The molecule has 10 nitrogen and oxygen atoms in total. The first-order valence-electron chi connectivity index (χ1n) is 12.6. The summed E-state index contributed by atoms with van der Waals surface area (Å²) in [5.41, 5.74) is 0.694. The highest BCUT2D eigenvalue weighted by Gasteiger charge is 2.24. The van der Waals surface area contributed by atoms with Gasteiger partial charge in [-0.2, -0.15) is 4.98 Å². The zero-order valence-electron chi connectivity index (χ0n) is 20.8. The fraction of sp³-hybridized carbons (Fsp3) is 0.286. The van der Waals surface area contributed by atoms with E-state index in [-0.39, 0.29) is 12.5 Å². The molecule has 2 aromatic heterocycles. The second kappa shape index (κ2) is 11.6. The second-order valence-corrected chi connectivity index (χ2v) is 9.15. The summed E-state index contributed by atoms with van der Waals surface area (Å²) in [6, 6.07) is 12.2. The van der Waals surface area contributed by atoms with Crippen molar-refractivity contribution in [3.8, 4) is 11.6 Å². The Kier molecular flexibility index (Phi) is 7.67. The summed E-state index contributed by atoms with van der Waals surface area (Å²) in [6.45, 7) is 1.49. The molecule has 1 atom stereocenters. The average molecular weight is 516 g/mol. The number of carboxylic acid groups (broad SMARTS) is 1. The lowest BCUT2D eigenvalue weighted by Gasteiger charge is -2.34. The van der Waals surface area contributed by atoms with Gasteiger partial charge in [0.2, 0.25) is 5.88 Å². The summed E-state index contributed by atoms with van der Waals surface area (Å²) in [6.07, 6.45) is 10.4. The lowest BCUT2D eigenvalue weighted by molar-refractivity contribution is -0.136. The van der Waals surface area contributed by atoms with Crippen LogP contribution in [0.3, 0.4) is 0 Å². The molecule has 1 aromatic carbocycles. The largest absolute Gasteiger partial charge is 0.508 e. The van der Waals surface area contributed by atoms with E-state index in [4.69, 9.17) is 19.6 Å². The number of carboxylic acids is 1. The van der Waals surface area contributed by atoms with E-state index in [1.165, 1.54) is 0 Å². The molecule has 196 valence electrons. The molecule has 0 radical (unpaired) electrons. The van der Waals surface area contributed by atoms with Gasteiger partial charge in [-0.05, 0) is 49.1 Å². The first kappa shape index (κ1) is 25.1. The van der Waals surface area contributed by atoms with Crippen LogP contribution in [0.15, 0.2) is 78.5 Å². The Morgan fingerprint density at radius 1 is 1.11 bits per heavy atom. The summed E-state index contributed by atoms with van der Waals surface area (Å²) in [5.74, 6) is 2.75. The number of aliphatic hydroxyl groups is 1. The SMILES string of the molecule is O=C(O)Cc1ccc(Oc2cccc(Nc3cncc(N4CCCC(OC5=C(O)CCC=C5)C4)n3)n2)cc1. The van der Waals surface area contributed by atoms with Crippen molar-refractivity contribution in [1.82, 2.24) is 15.0 Å². The Morgan fingerprint density at radius 2 is 1.97 bits per heavy atom. The third-order valence-electron chi connectivity index (χ3n) is 6.20. The molecule has 3 heterocycles. The van der Waals surface area contributed by atoms with Gasteiger partial charge in [-0.1, -0.05) is 24.3 Å². The van der Waals surface area contributed by atoms with Crippen LogP contribution in [-0.4, -0.2) is 50.3 Å². The molecular weight excluding hydrogens is 486 g/mol. The monoisotopic (exact) mass is 515 g/mol. The van der Waals surface area contributed by atoms with Gasteiger partial charge in [-0.15, -0.1) is 0 Å². The third-order valence-corrected chi connectivity index (χ3v) is 6.20. The van der Waals surface area contributed by atoms with Crippen molar-refractivity contribution in [2.45, 2.75) is 38.2 Å². The van der Waals surface area contributed by atoms with Crippen molar-refractivity contribution < 1.29 is 24.5 Å². The van der Waals surface area contributed by atoms with Gasteiger partial charge in [-0.25, -0.2) is 4.98 Å². The van der Waals surface area contributed by atoms with E-state index in [0.29, 0.717) is 53.3 Å². The summed E-state index contributed by atoms with van der Waals surface area (Å²) in [7, 11) is 0. The van der Waals surface area contributed by atoms with Crippen LogP contribution in [0.4, 0.5) is 17.5 Å². The Bertz CT molecular complexity index is 1340. The Hall–Kier alpha value is -4.60. The molecule has 0 amide bonds. The van der Waals surface area contributed by atoms with E-state index >= 15 is 0 Å². The van der Waals surface area contributed by atoms with Gasteiger partial charge in [0, 0.05) is 19.0 Å². The lowest BCUT2D eigenvalue weighted by atomic mass is 10.1. The molecule has 3 aromatic rings. The minimum atomic E-state index is -0.880. The zero-order valence-corrected chi connectivity index (χ0v) is 20.8. The van der Waals surface area contributed by atoms with Gasteiger partial charge >= 0.3 is 5.97 Å². The quantitative estimate of drug-likeness (QED) is 0.352. The normalized spacial score (nSPS) is 17.3. The molecular formula is C28H29N5O5. The van der Waals surface area contributed by atoms with Crippen molar-refractivity contribution >= 4 is 23.4 Å². The number of ether oxygens (including phenoxy) is 2. The molecule has 0 spiro atoms. The zero-order chi connectivity index (χ0) is 26.3. The van der Waals surface area contributed by atoms with Crippen LogP contribution in [0.5, 0.6) is 11.6 Å². The summed E-state index contributed by atoms with van der Waals surface area (Å²) in [5, 5.41) is 22.2. The molecule has 10 heteroatoms. The fourth-order valence-electron chi connectivity index (χ4n) is 4.37. The van der Waals surface area contributed by atoms with Crippen molar-refractivity contribution in [2.75, 3.05) is 23.3 Å². The van der Waals surface area contributed by atoms with Gasteiger partial charge in [0.25, 0.3) is 0 Å². The second-order valence-electron chi connectivity index (χ2n) is 9.15. The van der Waals surface area contributed by atoms with E-state index in [1.807, 2.05) is 18.2 Å². The molecule has 5 rings (SSSR count). The van der Waals surface area contributed by atoms with Crippen LogP contribution < -0.4 is 15.0 Å². The van der Waals surface area contributed by atoms with E-state index in [0.717, 1.165) is 31.6 Å². The Morgan fingerprint density at radius 3 is 2.79 bits per heavy atom. The Balaban J connectivity index is 1.22. The standard InChI is InChI=1S/C28H29N5O5/c34-22-6-1-2-7-23(22)37-21-5-4-14-33(18-21)26-17-29-16-25(31-26)30-24-8-3-9-27(32-24)38-20-12-10-19(11-13-20)15-28(35)36/h2-3,7-13,16-17,21,34H,1,4-6,14-15,18H2,(H,35,36)(H,30,31,32). The number of piperidine rings is 1. The van der Waals surface area contributed by atoms with Gasteiger partial charge in [0.05, 0.1) is 25.4 Å². The van der Waals surface area contributed by atoms with Crippen molar-refractivity contribution in [1.29, 1.82) is 0 Å². The van der Waals surface area contributed by atoms with E-state index < -0.39 is 5.97 Å². The average Bonchev–Trinajstić information content (AvgIpc) is 2.91. The number of nitrogens with zero attached hydrogens (tertiary/aromatic N) is 4. The number of pyridine rings is 1. The summed E-state index contributed by atoms with van der Waals surface area (Å²) < 4.78 is 11.9. The minimum Gasteiger partial charge on any atom is -0.508 e. The minimum absolute atomic E-state index is 0.0395. The summed E-state index contributed by atoms with van der Waals surface area (Å²) in [4.78, 5) is 26.6. The third kappa shape index (κ3) is 6.58. The molecule has 1 aliphatic heterocycles. The maximum atomic E-state index is 10.9. The highest BCUT2D eigenvalue weighted by molar-refractivity contribution is 5.70. The molecule has 2 aliphatic rings. The number of hydrogen-bond donors (Lipinski definition) is 3. The van der Waals surface area contributed by atoms with Gasteiger partial charge in [-0.3, -0.25) is 9.78 Å². The number of anilines is 3. The molecule has 38 heavy (non-hydrogen) atoms. The van der Waals surface area contributed by atoms with Crippen LogP contribution in [0.2, 0.25) is 0 Å². The highest BCUT2D eigenvalue weighted by atomic mass is 16.5. The topological polar surface area (TPSA) is 130 Å². The molecule has 1 aliphatic carbocycles. The smallest absolute Gasteiger partial charge is 0.307 e. The lowest BCUT2D eigenvalue weighted by Crippen LogP contribution is -2.40. The number of rotatable bonds is 9. The van der Waals surface area contributed by atoms with Gasteiger partial charge in [0.1, 0.15) is 29.2 Å². The molecule has 0 saturated carbocycles. The number of aromatic nitrogens is 3. The van der Waals surface area contributed by atoms with Gasteiger partial charge < -0.3 is 29.9 Å². The van der Waals surface area contributed by atoms with Crippen LogP contribution >= 0.6 is 0 Å². The van der Waals surface area contributed by atoms with Crippen LogP contribution in [0, 0.1) is 0 Å². The molecule has 1 saturated heterocycles. The molecule has 3 N–H and O–H groups in total. The fourth-order valence-corrected chi connectivity index (χ4v) is 4.37. The highest BCUT2D eigenvalue weighted by Crippen LogP contribution is 2.26. The Labute approximate surface area is 220 Å². The van der Waals surface area contributed by atoms with Crippen LogP contribution in [-0.2, 0) is 16.0 Å². The van der Waals surface area contributed by atoms with E-state index in [2.05, 4.69) is 20.2 Å². The maximum Gasteiger partial charge on any atom is 0.307 e. The van der Waals surface area contributed by atoms with Crippen LogP contribution in [0.25, 0.3) is 0 Å². The number of hydrogen-bond acceptors (Lipinski definition) is 9. The molecule has 0 bridgehead atoms. The van der Waals surface area contributed by atoms with Crippen molar-refractivity contribution in [3.63, 3.8) is 0 Å². The number of allylic oxidation sites excluding steroid dienone is 3. The van der Waals surface area contributed by atoms with Crippen LogP contribution in [0.1, 0.15) is 31.2 Å². The van der Waals surface area contributed by atoms with E-state index in [1.54, 1.807) is 48.8 Å². The maximum absolute atomic E-state index is 10.9. The number of aliphatic carboxylic acids is 1. The first-order chi connectivity index (χ1) is 18.5.